The van der Waals surface area contributed by atoms with E-state index >= 15 is 0 Å². The molecular formula is C26H27Cl2N3O5S. The number of carbonyl (C=O) groups excluding carboxylic acids is 1. The standard InChI is InChI=1S/C26H27Cl2N3O5S/c1-4-35-25-13-20(8-12-24(25)36-17-19-6-9-21(27)10-7-19)15-29-30-26(32)16-31(37(3,33)34)22-11-5-18(2)23(28)14-22/h5-15H,4,16-17H2,1-3H3,(H,30,32)/b29-15-. The molecule has 0 aliphatic carbocycles. The largest absolute Gasteiger partial charge is 0.490 e. The zero-order valence-electron chi connectivity index (χ0n) is 20.6. The molecule has 0 atom stereocenters. The molecule has 37 heavy (non-hydrogen) atoms. The number of nitrogens with zero attached hydrogens (tertiary/aromatic N) is 2. The van der Waals surface area contributed by atoms with Crippen LogP contribution in [-0.4, -0.2) is 39.9 Å². The van der Waals surface area contributed by atoms with E-state index in [0.29, 0.717) is 40.3 Å². The first kappa shape index (κ1) is 28.3. The summed E-state index contributed by atoms with van der Waals surface area (Å²) in [6.07, 6.45) is 2.44. The number of hydrogen-bond donors (Lipinski definition) is 1. The fraction of sp³-hybridized carbons (Fsp3) is 0.231. The second kappa shape index (κ2) is 12.8. The zero-order chi connectivity index (χ0) is 27.0. The van der Waals surface area contributed by atoms with Gasteiger partial charge in [0.25, 0.3) is 5.91 Å². The predicted octanol–water partition coefficient (Wildman–Crippen LogP) is 5.20. The molecule has 196 valence electrons. The molecule has 0 aliphatic rings. The highest BCUT2D eigenvalue weighted by Gasteiger charge is 2.21. The number of carbonyl (C=O) groups is 1. The predicted molar refractivity (Wildman–Crippen MR) is 148 cm³/mol. The quantitative estimate of drug-likeness (QED) is 0.255. The molecular weight excluding hydrogens is 537 g/mol. The molecule has 0 aromatic heterocycles. The van der Waals surface area contributed by atoms with Crippen molar-refractivity contribution in [2.45, 2.75) is 20.5 Å². The Morgan fingerprint density at radius 2 is 1.76 bits per heavy atom. The number of aryl methyl sites for hydroxylation is 1. The van der Waals surface area contributed by atoms with E-state index in [4.69, 9.17) is 32.7 Å². The lowest BCUT2D eigenvalue weighted by Gasteiger charge is -2.21. The number of hydrogen-bond acceptors (Lipinski definition) is 6. The van der Waals surface area contributed by atoms with Crippen molar-refractivity contribution in [1.29, 1.82) is 0 Å². The Bertz CT molecular complexity index is 1380. The Morgan fingerprint density at radius 3 is 2.41 bits per heavy atom. The SMILES string of the molecule is CCOc1cc(/C=N\NC(=O)CN(c2ccc(C)c(Cl)c2)S(C)(=O)=O)ccc1OCc1ccc(Cl)cc1. The second-order valence-corrected chi connectivity index (χ2v) is 10.8. The van der Waals surface area contributed by atoms with E-state index in [2.05, 4.69) is 10.5 Å². The third-order valence-electron chi connectivity index (χ3n) is 5.11. The summed E-state index contributed by atoms with van der Waals surface area (Å²) in [4.78, 5) is 12.5. The van der Waals surface area contributed by atoms with Gasteiger partial charge < -0.3 is 9.47 Å². The van der Waals surface area contributed by atoms with E-state index in [1.165, 1.54) is 12.3 Å². The van der Waals surface area contributed by atoms with Crippen molar-refractivity contribution in [2.75, 3.05) is 23.7 Å². The highest BCUT2D eigenvalue weighted by Crippen LogP contribution is 2.29. The summed E-state index contributed by atoms with van der Waals surface area (Å²) >= 11 is 12.1. The van der Waals surface area contributed by atoms with Gasteiger partial charge in [0, 0.05) is 10.0 Å². The van der Waals surface area contributed by atoms with Crippen molar-refractivity contribution in [2.24, 2.45) is 5.10 Å². The molecule has 0 spiro atoms. The van der Waals surface area contributed by atoms with E-state index in [-0.39, 0.29) is 5.69 Å². The summed E-state index contributed by atoms with van der Waals surface area (Å²) in [5, 5.41) is 5.00. The Hall–Kier alpha value is -3.27. The lowest BCUT2D eigenvalue weighted by molar-refractivity contribution is -0.119. The van der Waals surface area contributed by atoms with Crippen LogP contribution in [0.15, 0.2) is 65.8 Å². The molecule has 11 heteroatoms. The summed E-state index contributed by atoms with van der Waals surface area (Å²) in [5.74, 6) is 0.455. The van der Waals surface area contributed by atoms with Crippen molar-refractivity contribution in [1.82, 2.24) is 5.43 Å². The van der Waals surface area contributed by atoms with Crippen LogP contribution in [0, 0.1) is 6.92 Å². The monoisotopic (exact) mass is 563 g/mol. The molecule has 0 fully saturated rings. The minimum Gasteiger partial charge on any atom is -0.490 e. The maximum absolute atomic E-state index is 12.5. The van der Waals surface area contributed by atoms with Crippen molar-refractivity contribution < 1.29 is 22.7 Å². The molecule has 1 amide bonds. The number of halogens is 2. The van der Waals surface area contributed by atoms with Gasteiger partial charge in [-0.25, -0.2) is 13.8 Å². The van der Waals surface area contributed by atoms with Crippen LogP contribution in [0.2, 0.25) is 10.0 Å². The topological polar surface area (TPSA) is 97.3 Å². The third kappa shape index (κ3) is 8.38. The fourth-order valence-electron chi connectivity index (χ4n) is 3.22. The van der Waals surface area contributed by atoms with Crippen LogP contribution >= 0.6 is 23.2 Å². The van der Waals surface area contributed by atoms with Crippen LogP contribution in [0.5, 0.6) is 11.5 Å². The van der Waals surface area contributed by atoms with E-state index in [9.17, 15) is 13.2 Å². The average molecular weight is 564 g/mol. The van der Waals surface area contributed by atoms with E-state index in [1.807, 2.05) is 19.1 Å². The van der Waals surface area contributed by atoms with Gasteiger partial charge in [0.05, 0.1) is 24.8 Å². The smallest absolute Gasteiger partial charge is 0.260 e. The molecule has 0 bridgehead atoms. The van der Waals surface area contributed by atoms with Crippen molar-refractivity contribution in [3.63, 3.8) is 0 Å². The number of hydrazone groups is 1. The number of nitrogens with one attached hydrogen (secondary N) is 1. The number of benzene rings is 3. The minimum absolute atomic E-state index is 0.285. The summed E-state index contributed by atoms with van der Waals surface area (Å²) in [7, 11) is -3.74. The molecule has 0 saturated carbocycles. The highest BCUT2D eigenvalue weighted by atomic mass is 35.5. The average Bonchev–Trinajstić information content (AvgIpc) is 2.84. The van der Waals surface area contributed by atoms with Gasteiger partial charge in [-0.3, -0.25) is 9.10 Å². The summed E-state index contributed by atoms with van der Waals surface area (Å²) in [6, 6.07) is 17.4. The molecule has 0 radical (unpaired) electrons. The van der Waals surface area contributed by atoms with Crippen molar-refractivity contribution in [3.8, 4) is 11.5 Å². The van der Waals surface area contributed by atoms with Crippen molar-refractivity contribution >= 4 is 51.0 Å². The fourth-order valence-corrected chi connectivity index (χ4v) is 4.36. The molecule has 0 unspecified atom stereocenters. The number of sulfonamides is 1. The van der Waals surface area contributed by atoms with E-state index < -0.39 is 22.5 Å². The van der Waals surface area contributed by atoms with Gasteiger partial charge >= 0.3 is 0 Å². The van der Waals surface area contributed by atoms with Gasteiger partial charge in [-0.05, 0) is 73.0 Å². The van der Waals surface area contributed by atoms with E-state index in [1.54, 1.807) is 49.4 Å². The Morgan fingerprint density at radius 1 is 1.03 bits per heavy atom. The molecule has 3 aromatic rings. The molecule has 3 rings (SSSR count). The van der Waals surface area contributed by atoms with Crippen molar-refractivity contribution in [3.05, 3.63) is 87.4 Å². The Labute approximate surface area is 226 Å². The van der Waals surface area contributed by atoms with Crippen LogP contribution in [0.3, 0.4) is 0 Å². The van der Waals surface area contributed by atoms with Gasteiger partial charge in [0.15, 0.2) is 11.5 Å². The van der Waals surface area contributed by atoms with Crippen LogP contribution in [0.1, 0.15) is 23.6 Å². The first-order valence-corrected chi connectivity index (χ1v) is 13.9. The van der Waals surface area contributed by atoms with Gasteiger partial charge in [-0.1, -0.05) is 41.4 Å². The maximum atomic E-state index is 12.5. The maximum Gasteiger partial charge on any atom is 0.260 e. The molecule has 3 aromatic carbocycles. The zero-order valence-corrected chi connectivity index (χ0v) is 22.9. The highest BCUT2D eigenvalue weighted by molar-refractivity contribution is 7.92. The second-order valence-electron chi connectivity index (χ2n) is 8.05. The summed E-state index contributed by atoms with van der Waals surface area (Å²) in [5.41, 5.74) is 5.03. The third-order valence-corrected chi connectivity index (χ3v) is 6.91. The van der Waals surface area contributed by atoms with Crippen LogP contribution in [0.25, 0.3) is 0 Å². The number of anilines is 1. The normalized spacial score (nSPS) is 11.4. The minimum atomic E-state index is -3.74. The molecule has 0 heterocycles. The van der Waals surface area contributed by atoms with Gasteiger partial charge in [-0.15, -0.1) is 0 Å². The molecule has 0 aliphatic heterocycles. The molecule has 1 N–H and O–H groups in total. The van der Waals surface area contributed by atoms with Crippen LogP contribution < -0.4 is 19.2 Å². The number of amides is 1. The Balaban J connectivity index is 1.66. The van der Waals surface area contributed by atoms with Gasteiger partial charge in [0.2, 0.25) is 10.0 Å². The number of rotatable bonds is 11. The summed E-state index contributed by atoms with van der Waals surface area (Å²) < 4.78 is 37.1. The first-order chi connectivity index (χ1) is 17.6. The Kier molecular flexibility index (Phi) is 9.79. The number of ether oxygens (including phenoxy) is 2. The van der Waals surface area contributed by atoms with Crippen LogP contribution in [-0.2, 0) is 21.4 Å². The van der Waals surface area contributed by atoms with Crippen LogP contribution in [0.4, 0.5) is 5.69 Å². The molecule has 8 nitrogen and oxygen atoms in total. The summed E-state index contributed by atoms with van der Waals surface area (Å²) in [6.45, 7) is 3.96. The lowest BCUT2D eigenvalue weighted by atomic mass is 10.2. The van der Waals surface area contributed by atoms with E-state index in [0.717, 1.165) is 21.7 Å². The first-order valence-electron chi connectivity index (χ1n) is 11.3. The van der Waals surface area contributed by atoms with Gasteiger partial charge in [0.1, 0.15) is 13.2 Å². The molecule has 0 saturated heterocycles. The van der Waals surface area contributed by atoms with Gasteiger partial charge in [-0.2, -0.15) is 5.10 Å². The lowest BCUT2D eigenvalue weighted by Crippen LogP contribution is -2.39.